The topological polar surface area (TPSA) is 104 Å². The zero-order valence-electron chi connectivity index (χ0n) is 18.4. The average Bonchev–Trinajstić information content (AvgIpc) is 3.08. The number of aliphatic hydroxyl groups excluding tert-OH is 1. The number of carboxylic acid groups (broad SMARTS) is 1. The van der Waals surface area contributed by atoms with E-state index in [1.165, 1.54) is 18.1 Å². The van der Waals surface area contributed by atoms with Crippen molar-refractivity contribution >= 4 is 23.7 Å². The van der Waals surface area contributed by atoms with Gasteiger partial charge in [-0.15, -0.1) is 0 Å². The van der Waals surface area contributed by atoms with Gasteiger partial charge < -0.3 is 19.8 Å². The smallest absolute Gasteiger partial charge is 0.303 e. The third-order valence-corrected chi connectivity index (χ3v) is 5.50. The number of carboxylic acids is 1. The lowest BCUT2D eigenvalue weighted by Gasteiger charge is -2.27. The minimum atomic E-state index is -0.862. The Labute approximate surface area is 192 Å². The Morgan fingerprint density at radius 1 is 1.06 bits per heavy atom. The molecule has 7 heteroatoms. The lowest BCUT2D eigenvalue weighted by atomic mass is 9.95. The Bertz CT molecular complexity index is 1070. The molecule has 1 aliphatic rings. The highest BCUT2D eigenvalue weighted by atomic mass is 16.5. The van der Waals surface area contributed by atoms with Crippen LogP contribution >= 0.6 is 0 Å². The second-order valence-corrected chi connectivity index (χ2v) is 7.75. The van der Waals surface area contributed by atoms with Crippen LogP contribution in [-0.4, -0.2) is 46.4 Å². The molecule has 172 valence electrons. The van der Waals surface area contributed by atoms with Crippen molar-refractivity contribution in [1.82, 2.24) is 4.90 Å². The van der Waals surface area contributed by atoms with E-state index in [0.29, 0.717) is 30.6 Å². The summed E-state index contributed by atoms with van der Waals surface area (Å²) in [5.74, 6) is -1.92. The number of hydrogen-bond donors (Lipinski definition) is 2. The highest BCUT2D eigenvalue weighted by Crippen LogP contribution is 2.39. The monoisotopic (exact) mass is 449 g/mol. The number of unbranched alkanes of at least 4 members (excludes halogenated alkanes) is 2. The van der Waals surface area contributed by atoms with Crippen molar-refractivity contribution in [2.45, 2.75) is 31.7 Å². The van der Waals surface area contributed by atoms with Crippen molar-refractivity contribution in [3.8, 4) is 5.75 Å². The predicted octanol–water partition coefficient (Wildman–Crippen LogP) is 4.32. The summed E-state index contributed by atoms with van der Waals surface area (Å²) < 4.78 is 5.30. The summed E-state index contributed by atoms with van der Waals surface area (Å²) in [4.78, 5) is 38.3. The summed E-state index contributed by atoms with van der Waals surface area (Å²) in [5, 5.41) is 19.5. The fourth-order valence-corrected chi connectivity index (χ4v) is 3.86. The number of carbonyl (C=O) groups is 3. The molecular formula is C26H27NO6. The molecule has 0 saturated heterocycles. The molecule has 0 unspecified atom stereocenters. The first-order chi connectivity index (χ1) is 15.9. The van der Waals surface area contributed by atoms with Crippen LogP contribution in [0.5, 0.6) is 5.75 Å². The van der Waals surface area contributed by atoms with Crippen molar-refractivity contribution < 1.29 is 29.3 Å². The molecule has 0 spiro atoms. The number of ketones is 1. The largest absolute Gasteiger partial charge is 0.503 e. The van der Waals surface area contributed by atoms with E-state index in [0.717, 1.165) is 5.56 Å². The molecule has 0 bridgehead atoms. The molecule has 33 heavy (non-hydrogen) atoms. The fraction of sp³-hybridized carbons (Fsp3) is 0.269. The van der Waals surface area contributed by atoms with E-state index in [4.69, 9.17) is 9.84 Å². The Kier molecular flexibility index (Phi) is 8.02. The second-order valence-electron chi connectivity index (χ2n) is 7.75. The quantitative estimate of drug-likeness (QED) is 0.391. The highest BCUT2D eigenvalue weighted by molar-refractivity contribution is 6.14. The number of ether oxygens (including phenoxy) is 1. The van der Waals surface area contributed by atoms with Crippen LogP contribution in [-0.2, 0) is 14.4 Å². The molecule has 2 N–H and O–H groups in total. The normalized spacial score (nSPS) is 16.0. The summed E-state index contributed by atoms with van der Waals surface area (Å²) in [6, 6.07) is 15.6. The molecule has 7 nitrogen and oxygen atoms in total. The van der Waals surface area contributed by atoms with E-state index >= 15 is 0 Å². The molecule has 3 rings (SSSR count). The van der Waals surface area contributed by atoms with Gasteiger partial charge in [0, 0.05) is 13.0 Å². The van der Waals surface area contributed by atoms with Crippen LogP contribution < -0.4 is 4.74 Å². The highest BCUT2D eigenvalue weighted by Gasteiger charge is 2.42. The molecule has 2 aromatic carbocycles. The van der Waals surface area contributed by atoms with Crippen LogP contribution in [0.25, 0.3) is 6.08 Å². The van der Waals surface area contributed by atoms with Crippen molar-refractivity contribution in [2.75, 3.05) is 13.7 Å². The molecule has 1 amide bonds. The van der Waals surface area contributed by atoms with Crippen LogP contribution in [0.15, 0.2) is 72.0 Å². The van der Waals surface area contributed by atoms with E-state index in [2.05, 4.69) is 0 Å². The number of amides is 1. The maximum Gasteiger partial charge on any atom is 0.303 e. The number of methoxy groups -OCH3 is 1. The van der Waals surface area contributed by atoms with E-state index in [1.807, 2.05) is 30.3 Å². The molecule has 0 aliphatic carbocycles. The molecular weight excluding hydrogens is 422 g/mol. The van der Waals surface area contributed by atoms with Crippen LogP contribution in [0.1, 0.15) is 42.9 Å². The molecule has 0 radical (unpaired) electrons. The number of aliphatic carboxylic acids is 1. The Morgan fingerprint density at radius 3 is 2.52 bits per heavy atom. The number of aliphatic hydroxyl groups is 1. The van der Waals surface area contributed by atoms with Crippen molar-refractivity contribution in [3.05, 3.63) is 83.1 Å². The molecule has 1 aliphatic heterocycles. The van der Waals surface area contributed by atoms with Gasteiger partial charge in [0.1, 0.15) is 5.75 Å². The molecule has 1 atom stereocenters. The van der Waals surface area contributed by atoms with Crippen molar-refractivity contribution in [2.24, 2.45) is 0 Å². The molecule has 0 fully saturated rings. The Balaban J connectivity index is 1.88. The molecule has 1 heterocycles. The number of benzene rings is 2. The van der Waals surface area contributed by atoms with Crippen LogP contribution in [0.2, 0.25) is 0 Å². The summed E-state index contributed by atoms with van der Waals surface area (Å²) in [5.41, 5.74) is 1.49. The SMILES string of the molecule is COc1cccc([C@@H]2C(C(=O)/C=C/c3ccccc3)=C(O)C(=O)N2CCCCCC(=O)O)c1. The molecule has 0 aromatic heterocycles. The number of nitrogens with zero attached hydrogens (tertiary/aromatic N) is 1. The van der Waals surface area contributed by atoms with Crippen molar-refractivity contribution in [3.63, 3.8) is 0 Å². The van der Waals surface area contributed by atoms with Gasteiger partial charge in [-0.3, -0.25) is 14.4 Å². The fourth-order valence-electron chi connectivity index (χ4n) is 3.86. The molecule has 0 saturated carbocycles. The zero-order chi connectivity index (χ0) is 23.8. The number of rotatable bonds is 11. The molecule has 2 aromatic rings. The number of hydrogen-bond acceptors (Lipinski definition) is 5. The predicted molar refractivity (Wildman–Crippen MR) is 124 cm³/mol. The zero-order valence-corrected chi connectivity index (χ0v) is 18.4. The van der Waals surface area contributed by atoms with Gasteiger partial charge in [0.05, 0.1) is 18.7 Å². The summed E-state index contributed by atoms with van der Waals surface area (Å²) >= 11 is 0. The number of allylic oxidation sites excluding steroid dienone is 1. The lowest BCUT2D eigenvalue weighted by molar-refractivity contribution is -0.137. The van der Waals surface area contributed by atoms with Crippen LogP contribution in [0, 0.1) is 0 Å². The van der Waals surface area contributed by atoms with E-state index in [9.17, 15) is 19.5 Å². The van der Waals surface area contributed by atoms with E-state index < -0.39 is 29.5 Å². The van der Waals surface area contributed by atoms with Gasteiger partial charge in [-0.1, -0.05) is 55.0 Å². The lowest BCUT2D eigenvalue weighted by Crippen LogP contribution is -2.32. The third-order valence-electron chi connectivity index (χ3n) is 5.50. The van der Waals surface area contributed by atoms with Crippen LogP contribution in [0.3, 0.4) is 0 Å². The second kappa shape index (κ2) is 11.1. The maximum absolute atomic E-state index is 13.1. The Hall–Kier alpha value is -3.87. The van der Waals surface area contributed by atoms with Crippen LogP contribution in [0.4, 0.5) is 0 Å². The minimum Gasteiger partial charge on any atom is -0.503 e. The van der Waals surface area contributed by atoms with Gasteiger partial charge in [-0.25, -0.2) is 0 Å². The van der Waals surface area contributed by atoms with Gasteiger partial charge in [0.25, 0.3) is 5.91 Å². The Morgan fingerprint density at radius 2 is 1.82 bits per heavy atom. The van der Waals surface area contributed by atoms with Gasteiger partial charge >= 0.3 is 5.97 Å². The standard InChI is InChI=1S/C26H27NO6/c1-33-20-12-8-11-19(17-20)24-23(21(28)15-14-18-9-4-2-5-10-18)25(31)26(32)27(24)16-7-3-6-13-22(29)30/h2,4-5,8-12,14-15,17,24,31H,3,6-7,13,16H2,1H3,(H,29,30)/b15-14+/t24-/m1/s1. The maximum atomic E-state index is 13.1. The van der Waals surface area contributed by atoms with Gasteiger partial charge in [-0.2, -0.15) is 0 Å². The third kappa shape index (κ3) is 5.88. The first-order valence-electron chi connectivity index (χ1n) is 10.8. The summed E-state index contributed by atoms with van der Waals surface area (Å²) in [6.45, 7) is 0.281. The first kappa shape index (κ1) is 23.8. The summed E-state index contributed by atoms with van der Waals surface area (Å²) in [6.07, 6.45) is 4.71. The summed E-state index contributed by atoms with van der Waals surface area (Å²) in [7, 11) is 1.53. The van der Waals surface area contributed by atoms with E-state index in [1.54, 1.807) is 30.3 Å². The number of carbonyl (C=O) groups excluding carboxylic acids is 2. The van der Waals surface area contributed by atoms with Gasteiger partial charge in [0.15, 0.2) is 11.5 Å². The first-order valence-corrected chi connectivity index (χ1v) is 10.8. The van der Waals surface area contributed by atoms with Crippen molar-refractivity contribution in [1.29, 1.82) is 0 Å². The van der Waals surface area contributed by atoms with Gasteiger partial charge in [-0.05, 0) is 42.2 Å². The minimum absolute atomic E-state index is 0.0194. The average molecular weight is 450 g/mol. The van der Waals surface area contributed by atoms with E-state index in [-0.39, 0.29) is 18.5 Å². The van der Waals surface area contributed by atoms with Gasteiger partial charge in [0.2, 0.25) is 0 Å².